The molecule has 0 radical (unpaired) electrons. The average Bonchev–Trinajstić information content (AvgIpc) is 2.42. The van der Waals surface area contributed by atoms with Gasteiger partial charge in [-0.2, -0.15) is 0 Å². The molecule has 0 aliphatic heterocycles. The minimum absolute atomic E-state index is 0.0471. The Labute approximate surface area is 123 Å². The van der Waals surface area contributed by atoms with Crippen LogP contribution in [0, 0.1) is 12.7 Å². The van der Waals surface area contributed by atoms with Crippen LogP contribution < -0.4 is 5.56 Å². The van der Waals surface area contributed by atoms with E-state index in [1.165, 1.54) is 22.9 Å². The zero-order valence-corrected chi connectivity index (χ0v) is 12.4. The Morgan fingerprint density at radius 3 is 2.65 bits per heavy atom. The molecule has 6 heteroatoms. The maximum absolute atomic E-state index is 12.8. The predicted octanol–water partition coefficient (Wildman–Crippen LogP) is 2.27. The quantitative estimate of drug-likeness (QED) is 0.859. The summed E-state index contributed by atoms with van der Waals surface area (Å²) in [5.41, 5.74) is 0.426. The number of hydrogen-bond donors (Lipinski definition) is 0. The van der Waals surface area contributed by atoms with Crippen LogP contribution in [0.1, 0.15) is 11.4 Å². The molecule has 0 aliphatic rings. The Hall–Kier alpha value is -1.82. The van der Waals surface area contributed by atoms with Gasteiger partial charge in [0.2, 0.25) is 0 Å². The second-order valence-corrected chi connectivity index (χ2v) is 5.24. The van der Waals surface area contributed by atoms with Crippen molar-refractivity contribution < 1.29 is 9.18 Å². The number of nitrogens with zero attached hydrogens (tertiary/aromatic N) is 2. The van der Waals surface area contributed by atoms with Gasteiger partial charge in [0.15, 0.2) is 5.78 Å². The number of rotatable bonds is 4. The molecule has 20 heavy (non-hydrogen) atoms. The number of ketones is 1. The molecule has 1 heterocycles. The number of aromatic nitrogens is 2. The van der Waals surface area contributed by atoms with Crippen LogP contribution in [0.2, 0.25) is 0 Å². The summed E-state index contributed by atoms with van der Waals surface area (Å²) in [5.74, 6) is -0.00295. The molecule has 0 aliphatic carbocycles. The fourth-order valence-electron chi connectivity index (χ4n) is 1.80. The van der Waals surface area contributed by atoms with E-state index >= 15 is 0 Å². The number of carbonyl (C=O) groups is 1. The normalized spacial score (nSPS) is 10.6. The highest BCUT2D eigenvalue weighted by Crippen LogP contribution is 2.06. The first kappa shape index (κ1) is 14.6. The van der Waals surface area contributed by atoms with Crippen molar-refractivity contribution in [2.45, 2.75) is 19.9 Å². The van der Waals surface area contributed by atoms with Gasteiger partial charge in [0.25, 0.3) is 5.56 Å². The molecule has 0 unspecified atom stereocenters. The maximum atomic E-state index is 12.8. The van der Waals surface area contributed by atoms with E-state index in [-0.39, 0.29) is 30.1 Å². The molecule has 0 saturated carbocycles. The summed E-state index contributed by atoms with van der Waals surface area (Å²) in [6.07, 6.45) is 1.57. The van der Waals surface area contributed by atoms with Crippen molar-refractivity contribution >= 4 is 21.7 Å². The zero-order chi connectivity index (χ0) is 14.7. The topological polar surface area (TPSA) is 52.0 Å². The van der Waals surface area contributed by atoms with Crippen LogP contribution in [0.5, 0.6) is 0 Å². The van der Waals surface area contributed by atoms with E-state index in [2.05, 4.69) is 20.9 Å². The van der Waals surface area contributed by atoms with Crippen LogP contribution in [0.4, 0.5) is 4.39 Å². The fourth-order valence-corrected chi connectivity index (χ4v) is 2.12. The van der Waals surface area contributed by atoms with E-state index in [4.69, 9.17) is 0 Å². The van der Waals surface area contributed by atoms with E-state index in [9.17, 15) is 14.0 Å². The molecule has 0 amide bonds. The SMILES string of the molecule is Cc1ncc(Br)c(=O)n1CC(=O)Cc1ccc(F)cc1. The lowest BCUT2D eigenvalue weighted by molar-refractivity contribution is -0.119. The second-order valence-electron chi connectivity index (χ2n) is 4.39. The van der Waals surface area contributed by atoms with Crippen LogP contribution in [0.15, 0.2) is 39.7 Å². The van der Waals surface area contributed by atoms with Crippen molar-refractivity contribution in [3.8, 4) is 0 Å². The Morgan fingerprint density at radius 2 is 2.00 bits per heavy atom. The number of carbonyl (C=O) groups excluding carboxylic acids is 1. The van der Waals surface area contributed by atoms with E-state index < -0.39 is 0 Å². The van der Waals surface area contributed by atoms with Gasteiger partial charge in [0.05, 0.1) is 6.54 Å². The highest BCUT2D eigenvalue weighted by molar-refractivity contribution is 9.10. The lowest BCUT2D eigenvalue weighted by Gasteiger charge is -2.08. The number of Topliss-reactive ketones (excluding diaryl/α,β-unsaturated/α-hetero) is 1. The van der Waals surface area contributed by atoms with Crippen molar-refractivity contribution in [3.63, 3.8) is 0 Å². The molecule has 0 spiro atoms. The number of halogens is 2. The van der Waals surface area contributed by atoms with Crippen molar-refractivity contribution in [3.05, 3.63) is 62.5 Å². The highest BCUT2D eigenvalue weighted by Gasteiger charge is 2.10. The lowest BCUT2D eigenvalue weighted by Crippen LogP contribution is -2.28. The summed E-state index contributed by atoms with van der Waals surface area (Å²) in [6.45, 7) is 1.62. The zero-order valence-electron chi connectivity index (χ0n) is 10.8. The summed E-state index contributed by atoms with van der Waals surface area (Å²) < 4.78 is 14.4. The number of hydrogen-bond acceptors (Lipinski definition) is 3. The third kappa shape index (κ3) is 3.39. The van der Waals surface area contributed by atoms with Crippen LogP contribution in [-0.4, -0.2) is 15.3 Å². The summed E-state index contributed by atoms with van der Waals surface area (Å²) >= 11 is 3.10. The van der Waals surface area contributed by atoms with Crippen LogP contribution in [-0.2, 0) is 17.8 Å². The molecular weight excluding hydrogens is 327 g/mol. The van der Waals surface area contributed by atoms with Gasteiger partial charge in [-0.05, 0) is 40.5 Å². The third-order valence-corrected chi connectivity index (χ3v) is 3.40. The van der Waals surface area contributed by atoms with Crippen LogP contribution >= 0.6 is 15.9 Å². The summed E-state index contributed by atoms with van der Waals surface area (Å²) in [7, 11) is 0. The van der Waals surface area contributed by atoms with E-state index in [0.29, 0.717) is 15.9 Å². The minimum atomic E-state index is -0.343. The van der Waals surface area contributed by atoms with Crippen molar-refractivity contribution in [1.82, 2.24) is 9.55 Å². The summed E-state index contributed by atoms with van der Waals surface area (Å²) in [5, 5.41) is 0. The van der Waals surface area contributed by atoms with Gasteiger partial charge in [-0.1, -0.05) is 12.1 Å². The van der Waals surface area contributed by atoms with Gasteiger partial charge in [-0.25, -0.2) is 9.37 Å². The first-order chi connectivity index (χ1) is 9.47. The minimum Gasteiger partial charge on any atom is -0.297 e. The molecule has 0 bridgehead atoms. The molecule has 1 aromatic heterocycles. The second kappa shape index (κ2) is 6.09. The van der Waals surface area contributed by atoms with Crippen molar-refractivity contribution in [2.24, 2.45) is 0 Å². The monoisotopic (exact) mass is 338 g/mol. The van der Waals surface area contributed by atoms with Crippen LogP contribution in [0.25, 0.3) is 0 Å². The molecule has 0 saturated heterocycles. The molecule has 2 aromatic rings. The molecule has 0 atom stereocenters. The van der Waals surface area contributed by atoms with Gasteiger partial charge in [0, 0.05) is 12.6 Å². The van der Waals surface area contributed by atoms with Gasteiger partial charge < -0.3 is 0 Å². The molecule has 104 valence electrons. The molecule has 2 rings (SSSR count). The summed E-state index contributed by atoms with van der Waals surface area (Å²) in [4.78, 5) is 27.9. The van der Waals surface area contributed by atoms with Gasteiger partial charge in [0.1, 0.15) is 16.1 Å². The Morgan fingerprint density at radius 1 is 1.35 bits per heavy atom. The van der Waals surface area contributed by atoms with E-state index in [1.807, 2.05) is 0 Å². The first-order valence-electron chi connectivity index (χ1n) is 5.95. The van der Waals surface area contributed by atoms with Gasteiger partial charge in [-0.15, -0.1) is 0 Å². The van der Waals surface area contributed by atoms with E-state index in [0.717, 1.165) is 0 Å². The average molecular weight is 339 g/mol. The summed E-state index contributed by atoms with van der Waals surface area (Å²) in [6, 6.07) is 5.73. The van der Waals surface area contributed by atoms with E-state index in [1.54, 1.807) is 19.1 Å². The maximum Gasteiger partial charge on any atom is 0.268 e. The molecular formula is C14H12BrFN2O2. The molecule has 1 aromatic carbocycles. The van der Waals surface area contributed by atoms with Gasteiger partial charge >= 0.3 is 0 Å². The smallest absolute Gasteiger partial charge is 0.268 e. The third-order valence-electron chi connectivity index (χ3n) is 2.85. The predicted molar refractivity (Wildman–Crippen MR) is 76.0 cm³/mol. The van der Waals surface area contributed by atoms with Crippen molar-refractivity contribution in [1.29, 1.82) is 0 Å². The van der Waals surface area contributed by atoms with Gasteiger partial charge in [-0.3, -0.25) is 14.2 Å². The first-order valence-corrected chi connectivity index (χ1v) is 6.75. The highest BCUT2D eigenvalue weighted by atomic mass is 79.9. The molecule has 0 N–H and O–H groups in total. The Balaban J connectivity index is 2.15. The van der Waals surface area contributed by atoms with Crippen LogP contribution in [0.3, 0.4) is 0 Å². The number of aryl methyl sites for hydroxylation is 1. The standard InChI is InChI=1S/C14H12BrFN2O2/c1-9-17-7-13(15)14(20)18(9)8-12(19)6-10-2-4-11(16)5-3-10/h2-5,7H,6,8H2,1H3. The Bertz CT molecular complexity index is 695. The fraction of sp³-hybridized carbons (Fsp3) is 0.214. The largest absolute Gasteiger partial charge is 0.297 e. The molecule has 4 nitrogen and oxygen atoms in total. The number of benzene rings is 1. The molecule has 0 fully saturated rings. The Kier molecular flexibility index (Phi) is 4.44. The lowest BCUT2D eigenvalue weighted by atomic mass is 10.1. The van der Waals surface area contributed by atoms with Crippen molar-refractivity contribution in [2.75, 3.05) is 0 Å².